The number of esters is 1. The predicted octanol–water partition coefficient (Wildman–Crippen LogP) is 3.42. The highest BCUT2D eigenvalue weighted by Crippen LogP contribution is 2.71. The summed E-state index contributed by atoms with van der Waals surface area (Å²) in [4.78, 5) is 45.1. The lowest BCUT2D eigenvalue weighted by Gasteiger charge is -2.40. The van der Waals surface area contributed by atoms with Gasteiger partial charge in [0.1, 0.15) is 6.04 Å². The largest absolute Gasteiger partial charge is 0.465 e. The van der Waals surface area contributed by atoms with E-state index in [1.807, 2.05) is 20.8 Å². The topological polar surface area (TPSA) is 87.1 Å². The van der Waals surface area contributed by atoms with Crippen LogP contribution in [0.1, 0.15) is 59.8 Å². The first-order valence-corrected chi connectivity index (χ1v) is 13.8. The SMILES string of the molecule is C=CCCOC(=O)[C@H]1[C@H]2C(=O)N([C@@H](CO)C(C)C)C(C(=O)N(CC=C)CCCC)C23CC[C@]1(C)S3. The van der Waals surface area contributed by atoms with Crippen molar-refractivity contribution in [3.05, 3.63) is 25.3 Å². The molecule has 3 fully saturated rings. The average Bonchev–Trinajstić information content (AvgIpc) is 3.38. The number of hydrogen-bond donors (Lipinski definition) is 1. The smallest absolute Gasteiger partial charge is 0.311 e. The summed E-state index contributed by atoms with van der Waals surface area (Å²) < 4.78 is 4.42. The first-order valence-electron chi connectivity index (χ1n) is 12.9. The number of likely N-dealkylation sites (tertiary alicyclic amines) is 1. The number of hydrogen-bond acceptors (Lipinski definition) is 6. The number of amides is 2. The summed E-state index contributed by atoms with van der Waals surface area (Å²) in [6, 6.07) is -1.23. The van der Waals surface area contributed by atoms with Gasteiger partial charge in [-0.25, -0.2) is 0 Å². The van der Waals surface area contributed by atoms with Gasteiger partial charge < -0.3 is 19.6 Å². The lowest BCUT2D eigenvalue weighted by molar-refractivity contribution is -0.156. The summed E-state index contributed by atoms with van der Waals surface area (Å²) in [7, 11) is 0. The second-order valence-electron chi connectivity index (χ2n) is 10.6. The molecule has 35 heavy (non-hydrogen) atoms. The Morgan fingerprint density at radius 1 is 1.31 bits per heavy atom. The van der Waals surface area contributed by atoms with Crippen LogP contribution < -0.4 is 0 Å². The minimum atomic E-state index is -0.728. The first-order chi connectivity index (χ1) is 16.6. The number of aliphatic hydroxyl groups is 1. The second-order valence-corrected chi connectivity index (χ2v) is 12.5. The molecule has 0 aromatic carbocycles. The minimum Gasteiger partial charge on any atom is -0.465 e. The van der Waals surface area contributed by atoms with Crippen LogP contribution >= 0.6 is 11.8 Å². The van der Waals surface area contributed by atoms with Crippen LogP contribution in [0.3, 0.4) is 0 Å². The minimum absolute atomic E-state index is 0.0475. The average molecular weight is 507 g/mol. The molecule has 2 unspecified atom stereocenters. The lowest BCUT2D eigenvalue weighted by Crippen LogP contribution is -2.58. The monoisotopic (exact) mass is 506 g/mol. The summed E-state index contributed by atoms with van der Waals surface area (Å²) in [5, 5.41) is 10.3. The summed E-state index contributed by atoms with van der Waals surface area (Å²) in [6.07, 6.45) is 7.18. The van der Waals surface area contributed by atoms with Crippen LogP contribution in [-0.4, -0.2) is 80.6 Å². The van der Waals surface area contributed by atoms with Gasteiger partial charge in [0.2, 0.25) is 11.8 Å². The van der Waals surface area contributed by atoms with Crippen molar-refractivity contribution >= 4 is 29.5 Å². The zero-order chi connectivity index (χ0) is 26.0. The maximum Gasteiger partial charge on any atom is 0.311 e. The Bertz CT molecular complexity index is 847. The number of nitrogens with zero attached hydrogens (tertiary/aromatic N) is 2. The molecule has 3 aliphatic rings. The number of ether oxygens (including phenoxy) is 1. The number of fused-ring (bicyclic) bond motifs is 1. The molecular formula is C27H42N2O5S. The molecule has 8 heteroatoms. The van der Waals surface area contributed by atoms with Gasteiger partial charge in [-0.1, -0.05) is 39.3 Å². The van der Waals surface area contributed by atoms with Gasteiger partial charge in [-0.2, -0.15) is 0 Å². The van der Waals surface area contributed by atoms with Crippen LogP contribution in [-0.2, 0) is 19.1 Å². The third kappa shape index (κ3) is 4.68. The fraction of sp³-hybridized carbons (Fsp3) is 0.741. The van der Waals surface area contributed by atoms with Gasteiger partial charge in [-0.3, -0.25) is 14.4 Å². The lowest BCUT2D eigenvalue weighted by atomic mass is 9.66. The van der Waals surface area contributed by atoms with Crippen LogP contribution in [0.4, 0.5) is 0 Å². The summed E-state index contributed by atoms with van der Waals surface area (Å²) >= 11 is 1.63. The highest BCUT2D eigenvalue weighted by molar-refractivity contribution is 8.02. The Balaban J connectivity index is 2.08. The molecule has 0 aromatic heterocycles. The van der Waals surface area contributed by atoms with Gasteiger partial charge in [0, 0.05) is 17.8 Å². The fourth-order valence-electron chi connectivity index (χ4n) is 6.28. The molecule has 2 bridgehead atoms. The molecule has 0 saturated carbocycles. The molecule has 1 N–H and O–H groups in total. The third-order valence-corrected chi connectivity index (χ3v) is 10.0. The number of aliphatic hydroxyl groups excluding tert-OH is 1. The van der Waals surface area contributed by atoms with Crippen molar-refractivity contribution in [3.63, 3.8) is 0 Å². The quantitative estimate of drug-likeness (QED) is 0.234. The fourth-order valence-corrected chi connectivity index (χ4v) is 8.61. The maximum absolute atomic E-state index is 14.2. The standard InChI is InChI=1S/C27H42N2O5S/c1-7-10-15-28(14-9-3)24(32)22-27-13-12-26(6,35-27)21(25(33)34-16-11-8-2)20(27)23(31)29(22)19(17-30)18(4)5/h8-9,18-22,30H,2-3,7,10-17H2,1,4-6H3/t19-,20-,21+,22?,26-,27?/m0/s1. The van der Waals surface area contributed by atoms with E-state index in [0.717, 1.165) is 19.3 Å². The van der Waals surface area contributed by atoms with E-state index in [-0.39, 0.29) is 36.9 Å². The van der Waals surface area contributed by atoms with Crippen molar-refractivity contribution in [3.8, 4) is 0 Å². The molecule has 2 amide bonds. The summed E-state index contributed by atoms with van der Waals surface area (Å²) in [5.74, 6) is -1.98. The van der Waals surface area contributed by atoms with Crippen molar-refractivity contribution in [1.82, 2.24) is 9.80 Å². The normalized spacial score (nSPS) is 32.0. The van der Waals surface area contributed by atoms with Crippen molar-refractivity contribution < 1.29 is 24.2 Å². The van der Waals surface area contributed by atoms with E-state index < -0.39 is 33.4 Å². The van der Waals surface area contributed by atoms with E-state index in [1.165, 1.54) is 0 Å². The number of unbranched alkanes of at least 4 members (excludes halogenated alkanes) is 1. The van der Waals surface area contributed by atoms with Crippen molar-refractivity contribution in [1.29, 1.82) is 0 Å². The molecule has 0 aromatic rings. The number of carbonyl (C=O) groups excluding carboxylic acids is 3. The molecular weight excluding hydrogens is 464 g/mol. The number of rotatable bonds is 13. The molecule has 6 atom stereocenters. The van der Waals surface area contributed by atoms with E-state index in [2.05, 4.69) is 20.1 Å². The second kappa shape index (κ2) is 11.1. The number of carbonyl (C=O) groups is 3. The van der Waals surface area contributed by atoms with E-state index in [1.54, 1.807) is 33.7 Å². The van der Waals surface area contributed by atoms with Crippen LogP contribution in [0.15, 0.2) is 25.3 Å². The van der Waals surface area contributed by atoms with E-state index in [9.17, 15) is 19.5 Å². The zero-order valence-corrected chi connectivity index (χ0v) is 22.5. The van der Waals surface area contributed by atoms with Gasteiger partial charge in [0.15, 0.2) is 0 Å². The third-order valence-electron chi connectivity index (χ3n) is 8.03. The Labute approximate surface area is 214 Å². The maximum atomic E-state index is 14.2. The van der Waals surface area contributed by atoms with E-state index in [0.29, 0.717) is 25.9 Å². The molecule has 0 radical (unpaired) electrons. The van der Waals surface area contributed by atoms with Crippen LogP contribution in [0.25, 0.3) is 0 Å². The van der Waals surface area contributed by atoms with Crippen molar-refractivity contribution in [2.75, 3.05) is 26.3 Å². The molecule has 3 aliphatic heterocycles. The van der Waals surface area contributed by atoms with Crippen LogP contribution in [0.5, 0.6) is 0 Å². The highest BCUT2D eigenvalue weighted by atomic mass is 32.2. The highest BCUT2D eigenvalue weighted by Gasteiger charge is 2.78. The first kappa shape index (κ1) is 27.8. The van der Waals surface area contributed by atoms with Gasteiger partial charge in [0.25, 0.3) is 0 Å². The molecule has 3 heterocycles. The molecule has 7 nitrogen and oxygen atoms in total. The van der Waals surface area contributed by atoms with Gasteiger partial charge in [-0.05, 0) is 38.5 Å². The van der Waals surface area contributed by atoms with E-state index >= 15 is 0 Å². The summed E-state index contributed by atoms with van der Waals surface area (Å²) in [5.41, 5.74) is 0. The Morgan fingerprint density at radius 2 is 2.03 bits per heavy atom. The molecule has 3 saturated heterocycles. The molecule has 1 spiro atoms. The Hall–Kier alpha value is -1.80. The zero-order valence-electron chi connectivity index (χ0n) is 21.7. The van der Waals surface area contributed by atoms with Crippen molar-refractivity contribution in [2.24, 2.45) is 17.8 Å². The van der Waals surface area contributed by atoms with Gasteiger partial charge in [0.05, 0.1) is 35.8 Å². The molecule has 196 valence electrons. The van der Waals surface area contributed by atoms with Crippen LogP contribution in [0, 0.1) is 17.8 Å². The van der Waals surface area contributed by atoms with Crippen LogP contribution in [0.2, 0.25) is 0 Å². The summed E-state index contributed by atoms with van der Waals surface area (Å²) in [6.45, 7) is 16.5. The Morgan fingerprint density at radius 3 is 2.60 bits per heavy atom. The molecule has 3 rings (SSSR count). The van der Waals surface area contributed by atoms with Gasteiger partial charge >= 0.3 is 5.97 Å². The Kier molecular flexibility index (Phi) is 8.79. The predicted molar refractivity (Wildman–Crippen MR) is 139 cm³/mol. The van der Waals surface area contributed by atoms with E-state index in [4.69, 9.17) is 4.74 Å². The molecule has 0 aliphatic carbocycles. The van der Waals surface area contributed by atoms with Crippen molar-refractivity contribution in [2.45, 2.75) is 81.4 Å². The van der Waals surface area contributed by atoms with Gasteiger partial charge in [-0.15, -0.1) is 24.9 Å². The number of thioether (sulfide) groups is 1.